The van der Waals surface area contributed by atoms with E-state index in [1.54, 1.807) is 0 Å². The van der Waals surface area contributed by atoms with Crippen LogP contribution in [0, 0.1) is 5.92 Å². The maximum atomic E-state index is 2.67. The van der Waals surface area contributed by atoms with Gasteiger partial charge in [-0.15, -0.1) is 0 Å². The van der Waals surface area contributed by atoms with Crippen LogP contribution < -0.4 is 0 Å². The van der Waals surface area contributed by atoms with E-state index >= 15 is 0 Å². The number of rotatable bonds is 5. The fraction of sp³-hybridized carbons (Fsp3) is 0.429. The molecule has 3 rings (SSSR count). The topological polar surface area (TPSA) is 6.48 Å². The largest absolute Gasteiger partial charge is 0.296 e. The molecule has 1 aliphatic rings. The van der Waals surface area contributed by atoms with Crippen LogP contribution in [0.25, 0.3) is 0 Å². The molecule has 0 radical (unpaired) electrons. The second-order valence-corrected chi connectivity index (χ2v) is 6.99. The maximum Gasteiger partial charge on any atom is 0.0250 e. The third-order valence-corrected chi connectivity index (χ3v) is 4.86. The SMILES string of the molecule is CC(C)[C@H]1CN(Cc2ccccc2)CCN1Cc1ccccc1. The van der Waals surface area contributed by atoms with E-state index in [9.17, 15) is 0 Å². The fourth-order valence-corrected chi connectivity index (χ4v) is 3.54. The fourth-order valence-electron chi connectivity index (χ4n) is 3.54. The molecule has 0 aromatic heterocycles. The number of hydrogen-bond acceptors (Lipinski definition) is 2. The van der Waals surface area contributed by atoms with Crippen molar-refractivity contribution in [1.82, 2.24) is 9.80 Å². The molecule has 0 amide bonds. The molecule has 1 atom stereocenters. The van der Waals surface area contributed by atoms with E-state index in [0.29, 0.717) is 12.0 Å². The zero-order chi connectivity index (χ0) is 16.1. The van der Waals surface area contributed by atoms with Crippen molar-refractivity contribution in [3.8, 4) is 0 Å². The van der Waals surface area contributed by atoms with Crippen LogP contribution in [-0.4, -0.2) is 35.5 Å². The molecule has 0 aliphatic carbocycles. The molecule has 122 valence electrons. The lowest BCUT2D eigenvalue weighted by Crippen LogP contribution is -2.54. The Kier molecular flexibility index (Phi) is 5.47. The highest BCUT2D eigenvalue weighted by Crippen LogP contribution is 2.21. The van der Waals surface area contributed by atoms with E-state index in [2.05, 4.69) is 84.3 Å². The second-order valence-electron chi connectivity index (χ2n) is 6.99. The van der Waals surface area contributed by atoms with Gasteiger partial charge in [0.1, 0.15) is 0 Å². The van der Waals surface area contributed by atoms with Crippen LogP contribution in [0.5, 0.6) is 0 Å². The molecular formula is C21H28N2. The Labute approximate surface area is 140 Å². The predicted octanol–water partition coefficient (Wildman–Crippen LogP) is 4.03. The summed E-state index contributed by atoms with van der Waals surface area (Å²) < 4.78 is 0. The highest BCUT2D eigenvalue weighted by molar-refractivity contribution is 5.16. The van der Waals surface area contributed by atoms with Crippen molar-refractivity contribution in [2.45, 2.75) is 33.0 Å². The van der Waals surface area contributed by atoms with Gasteiger partial charge in [-0.05, 0) is 17.0 Å². The zero-order valence-corrected chi connectivity index (χ0v) is 14.4. The van der Waals surface area contributed by atoms with Crippen LogP contribution in [-0.2, 0) is 13.1 Å². The Morgan fingerprint density at radius 1 is 0.826 bits per heavy atom. The normalized spacial score (nSPS) is 20.0. The molecule has 2 aromatic rings. The van der Waals surface area contributed by atoms with Crippen molar-refractivity contribution < 1.29 is 0 Å². The van der Waals surface area contributed by atoms with Crippen LogP contribution in [0.15, 0.2) is 60.7 Å². The molecule has 1 heterocycles. The first kappa shape index (κ1) is 16.2. The Balaban J connectivity index is 1.64. The summed E-state index contributed by atoms with van der Waals surface area (Å²) in [7, 11) is 0. The van der Waals surface area contributed by atoms with Gasteiger partial charge in [0.25, 0.3) is 0 Å². The summed E-state index contributed by atoms with van der Waals surface area (Å²) in [6, 6.07) is 22.4. The van der Waals surface area contributed by atoms with Crippen LogP contribution in [0.2, 0.25) is 0 Å². The Bertz CT molecular complexity index is 579. The van der Waals surface area contributed by atoms with Gasteiger partial charge in [0.2, 0.25) is 0 Å². The predicted molar refractivity (Wildman–Crippen MR) is 97.2 cm³/mol. The van der Waals surface area contributed by atoms with Crippen LogP contribution in [0.4, 0.5) is 0 Å². The van der Waals surface area contributed by atoms with Gasteiger partial charge in [-0.3, -0.25) is 9.80 Å². The Hall–Kier alpha value is -1.64. The van der Waals surface area contributed by atoms with E-state index in [1.807, 2.05) is 0 Å². The van der Waals surface area contributed by atoms with E-state index in [0.717, 1.165) is 26.2 Å². The third kappa shape index (κ3) is 4.43. The van der Waals surface area contributed by atoms with Crippen molar-refractivity contribution in [3.63, 3.8) is 0 Å². The Morgan fingerprint density at radius 3 is 1.96 bits per heavy atom. The highest BCUT2D eigenvalue weighted by Gasteiger charge is 2.29. The molecule has 0 saturated carbocycles. The molecule has 2 nitrogen and oxygen atoms in total. The van der Waals surface area contributed by atoms with Gasteiger partial charge in [-0.1, -0.05) is 74.5 Å². The van der Waals surface area contributed by atoms with Crippen molar-refractivity contribution >= 4 is 0 Å². The molecule has 0 spiro atoms. The number of benzene rings is 2. The lowest BCUT2D eigenvalue weighted by Gasteiger charge is -2.43. The summed E-state index contributed by atoms with van der Waals surface area (Å²) in [6.45, 7) is 10.3. The molecule has 1 fully saturated rings. The number of nitrogens with zero attached hydrogens (tertiary/aromatic N) is 2. The van der Waals surface area contributed by atoms with Crippen molar-refractivity contribution in [2.24, 2.45) is 5.92 Å². The first-order valence-corrected chi connectivity index (χ1v) is 8.76. The van der Waals surface area contributed by atoms with Crippen LogP contribution in [0.3, 0.4) is 0 Å². The summed E-state index contributed by atoms with van der Waals surface area (Å²) in [5.41, 5.74) is 2.85. The smallest absolute Gasteiger partial charge is 0.0250 e. The van der Waals surface area contributed by atoms with E-state index in [1.165, 1.54) is 17.7 Å². The van der Waals surface area contributed by atoms with Crippen LogP contribution in [0.1, 0.15) is 25.0 Å². The minimum absolute atomic E-state index is 0.632. The molecule has 2 heteroatoms. The van der Waals surface area contributed by atoms with E-state index < -0.39 is 0 Å². The van der Waals surface area contributed by atoms with Gasteiger partial charge in [-0.2, -0.15) is 0 Å². The van der Waals surface area contributed by atoms with Gasteiger partial charge in [0.15, 0.2) is 0 Å². The molecule has 0 unspecified atom stereocenters. The summed E-state index contributed by atoms with van der Waals surface area (Å²) in [4.78, 5) is 5.28. The molecule has 1 aliphatic heterocycles. The van der Waals surface area contributed by atoms with Gasteiger partial charge in [0.05, 0.1) is 0 Å². The van der Waals surface area contributed by atoms with Gasteiger partial charge in [0, 0.05) is 38.8 Å². The standard InChI is InChI=1S/C21H28N2/c1-18(2)21-17-22(15-19-9-5-3-6-10-19)13-14-23(21)16-20-11-7-4-8-12-20/h3-12,18,21H,13-17H2,1-2H3/t21-/m1/s1. The van der Waals surface area contributed by atoms with E-state index in [-0.39, 0.29) is 0 Å². The number of hydrogen-bond donors (Lipinski definition) is 0. The lowest BCUT2D eigenvalue weighted by atomic mass is 9.98. The summed E-state index contributed by atoms with van der Waals surface area (Å²) in [5.74, 6) is 0.678. The monoisotopic (exact) mass is 308 g/mol. The Morgan fingerprint density at radius 2 is 1.39 bits per heavy atom. The minimum Gasteiger partial charge on any atom is -0.296 e. The van der Waals surface area contributed by atoms with Crippen molar-refractivity contribution in [1.29, 1.82) is 0 Å². The van der Waals surface area contributed by atoms with Gasteiger partial charge < -0.3 is 0 Å². The second kappa shape index (κ2) is 7.76. The number of piperazine rings is 1. The average molecular weight is 308 g/mol. The zero-order valence-electron chi connectivity index (χ0n) is 14.4. The van der Waals surface area contributed by atoms with Crippen molar-refractivity contribution in [2.75, 3.05) is 19.6 Å². The van der Waals surface area contributed by atoms with Crippen molar-refractivity contribution in [3.05, 3.63) is 71.8 Å². The first-order valence-electron chi connectivity index (χ1n) is 8.76. The molecular weight excluding hydrogens is 280 g/mol. The minimum atomic E-state index is 0.632. The molecule has 23 heavy (non-hydrogen) atoms. The first-order chi connectivity index (χ1) is 11.2. The highest BCUT2D eigenvalue weighted by atomic mass is 15.3. The van der Waals surface area contributed by atoms with Gasteiger partial charge in [-0.25, -0.2) is 0 Å². The average Bonchev–Trinajstić information content (AvgIpc) is 2.58. The van der Waals surface area contributed by atoms with E-state index in [4.69, 9.17) is 0 Å². The summed E-state index contributed by atoms with van der Waals surface area (Å²) >= 11 is 0. The molecule has 1 saturated heterocycles. The molecule has 0 N–H and O–H groups in total. The lowest BCUT2D eigenvalue weighted by molar-refractivity contribution is 0.0404. The van der Waals surface area contributed by atoms with Gasteiger partial charge >= 0.3 is 0 Å². The summed E-state index contributed by atoms with van der Waals surface area (Å²) in [5, 5.41) is 0. The third-order valence-electron chi connectivity index (χ3n) is 4.86. The summed E-state index contributed by atoms with van der Waals surface area (Å²) in [6.07, 6.45) is 0. The quantitative estimate of drug-likeness (QED) is 0.823. The molecule has 2 aromatic carbocycles. The maximum absolute atomic E-state index is 2.67. The molecule has 0 bridgehead atoms. The van der Waals surface area contributed by atoms with Crippen LogP contribution >= 0.6 is 0 Å².